The zero-order valence-corrected chi connectivity index (χ0v) is 12.3. The predicted molar refractivity (Wildman–Crippen MR) is 80.6 cm³/mol. The lowest BCUT2D eigenvalue weighted by molar-refractivity contribution is 0.176. The molecular formula is C16H23ClN2. The number of hydrogen-bond donors (Lipinski definition) is 2. The summed E-state index contributed by atoms with van der Waals surface area (Å²) in [4.78, 5) is 0. The van der Waals surface area contributed by atoms with Crippen LogP contribution in [0.1, 0.15) is 44.1 Å². The molecule has 3 heteroatoms. The van der Waals surface area contributed by atoms with Crippen molar-refractivity contribution in [3.05, 3.63) is 34.9 Å². The molecule has 1 aromatic rings. The summed E-state index contributed by atoms with van der Waals surface area (Å²) in [5, 5.41) is 8.34. The van der Waals surface area contributed by atoms with Gasteiger partial charge >= 0.3 is 0 Å². The van der Waals surface area contributed by atoms with E-state index < -0.39 is 0 Å². The lowest BCUT2D eigenvalue weighted by Gasteiger charge is -2.45. The zero-order chi connectivity index (χ0) is 13.3. The number of likely N-dealkylation sites (N-methyl/N-ethyl adjacent to an activating group) is 1. The summed E-state index contributed by atoms with van der Waals surface area (Å²) < 4.78 is 0. The van der Waals surface area contributed by atoms with Gasteiger partial charge in [-0.1, -0.05) is 42.6 Å². The van der Waals surface area contributed by atoms with Crippen molar-refractivity contribution in [3.8, 4) is 0 Å². The standard InChI is InChI=1S/C16H23ClN2/c1-18-16(13-6-2-3-7-14(13)17)11-5-4-8-15(16)19-12-9-10-12/h2-3,6-7,12,15,18-19H,4-5,8-11H2,1H3/t15-,16-/m1/s1. The van der Waals surface area contributed by atoms with E-state index in [1.165, 1.54) is 37.7 Å². The number of hydrogen-bond acceptors (Lipinski definition) is 2. The molecular weight excluding hydrogens is 256 g/mol. The molecule has 0 saturated heterocycles. The smallest absolute Gasteiger partial charge is 0.0602 e. The van der Waals surface area contributed by atoms with Crippen LogP contribution in [-0.4, -0.2) is 19.1 Å². The molecule has 3 rings (SSSR count). The van der Waals surface area contributed by atoms with Crippen LogP contribution in [0.2, 0.25) is 5.02 Å². The van der Waals surface area contributed by atoms with Crippen molar-refractivity contribution < 1.29 is 0 Å². The van der Waals surface area contributed by atoms with Crippen molar-refractivity contribution >= 4 is 11.6 Å². The van der Waals surface area contributed by atoms with Crippen molar-refractivity contribution in [2.45, 2.75) is 56.1 Å². The summed E-state index contributed by atoms with van der Waals surface area (Å²) in [7, 11) is 2.08. The Bertz CT molecular complexity index is 444. The molecule has 2 saturated carbocycles. The average Bonchev–Trinajstić information content (AvgIpc) is 3.24. The van der Waals surface area contributed by atoms with Gasteiger partial charge in [0, 0.05) is 17.1 Å². The van der Waals surface area contributed by atoms with E-state index in [-0.39, 0.29) is 5.54 Å². The molecule has 104 valence electrons. The van der Waals surface area contributed by atoms with Crippen LogP contribution in [0.25, 0.3) is 0 Å². The van der Waals surface area contributed by atoms with Crippen molar-refractivity contribution in [1.82, 2.24) is 10.6 Å². The largest absolute Gasteiger partial charge is 0.309 e. The maximum atomic E-state index is 6.48. The molecule has 2 nitrogen and oxygen atoms in total. The van der Waals surface area contributed by atoms with Gasteiger partial charge in [-0.2, -0.15) is 0 Å². The first-order valence-corrected chi connectivity index (χ1v) is 7.84. The van der Waals surface area contributed by atoms with Gasteiger partial charge in [0.1, 0.15) is 0 Å². The van der Waals surface area contributed by atoms with Crippen molar-refractivity contribution in [2.24, 2.45) is 0 Å². The molecule has 0 unspecified atom stereocenters. The summed E-state index contributed by atoms with van der Waals surface area (Å²) in [5.74, 6) is 0. The fourth-order valence-corrected chi connectivity index (χ4v) is 3.82. The highest BCUT2D eigenvalue weighted by Crippen LogP contribution is 2.41. The lowest BCUT2D eigenvalue weighted by atomic mass is 9.72. The van der Waals surface area contributed by atoms with Gasteiger partial charge in [0.15, 0.2) is 0 Å². The first-order valence-electron chi connectivity index (χ1n) is 7.46. The Morgan fingerprint density at radius 3 is 2.63 bits per heavy atom. The number of halogens is 1. The van der Waals surface area contributed by atoms with E-state index in [4.69, 9.17) is 11.6 Å². The molecule has 0 aromatic heterocycles. The summed E-state index contributed by atoms with van der Waals surface area (Å²) in [6.07, 6.45) is 7.66. The van der Waals surface area contributed by atoms with Gasteiger partial charge in [0.25, 0.3) is 0 Å². The molecule has 0 radical (unpaired) electrons. The summed E-state index contributed by atoms with van der Waals surface area (Å²) in [6.45, 7) is 0. The van der Waals surface area contributed by atoms with E-state index in [9.17, 15) is 0 Å². The second-order valence-corrected chi connectivity index (χ2v) is 6.35. The van der Waals surface area contributed by atoms with Crippen LogP contribution in [0.4, 0.5) is 0 Å². The van der Waals surface area contributed by atoms with Gasteiger partial charge in [0.05, 0.1) is 5.54 Å². The molecule has 1 aromatic carbocycles. The van der Waals surface area contributed by atoms with Gasteiger partial charge in [0.2, 0.25) is 0 Å². The Morgan fingerprint density at radius 2 is 1.95 bits per heavy atom. The third-order valence-corrected chi connectivity index (χ3v) is 5.05. The van der Waals surface area contributed by atoms with E-state index in [1.807, 2.05) is 12.1 Å². The highest BCUT2D eigenvalue weighted by Gasteiger charge is 2.43. The number of nitrogens with one attached hydrogen (secondary N) is 2. The molecule has 2 atom stereocenters. The van der Waals surface area contributed by atoms with Crippen LogP contribution in [0, 0.1) is 0 Å². The molecule has 0 bridgehead atoms. The number of rotatable bonds is 4. The maximum Gasteiger partial charge on any atom is 0.0602 e. The number of benzene rings is 1. The van der Waals surface area contributed by atoms with E-state index in [2.05, 4.69) is 29.8 Å². The van der Waals surface area contributed by atoms with E-state index in [1.54, 1.807) is 0 Å². The summed E-state index contributed by atoms with van der Waals surface area (Å²) >= 11 is 6.48. The molecule has 0 heterocycles. The van der Waals surface area contributed by atoms with E-state index in [0.717, 1.165) is 17.5 Å². The third-order valence-electron chi connectivity index (χ3n) is 4.72. The van der Waals surface area contributed by atoms with Gasteiger partial charge in [-0.15, -0.1) is 0 Å². The SMILES string of the molecule is CN[C@@]1(c2ccccc2Cl)CCCC[C@H]1NC1CC1. The van der Waals surface area contributed by atoms with Gasteiger partial charge < -0.3 is 10.6 Å². The molecule has 2 aliphatic carbocycles. The minimum absolute atomic E-state index is 0.000810. The topological polar surface area (TPSA) is 24.1 Å². The monoisotopic (exact) mass is 278 g/mol. The Morgan fingerprint density at radius 1 is 1.16 bits per heavy atom. The minimum atomic E-state index is -0.000810. The van der Waals surface area contributed by atoms with Gasteiger partial charge in [-0.25, -0.2) is 0 Å². The molecule has 2 aliphatic rings. The quantitative estimate of drug-likeness (QED) is 0.882. The van der Waals surface area contributed by atoms with Crippen LogP contribution in [0.15, 0.2) is 24.3 Å². The van der Waals surface area contributed by atoms with Crippen LogP contribution in [0.5, 0.6) is 0 Å². The highest BCUT2D eigenvalue weighted by atomic mass is 35.5. The normalized spacial score (nSPS) is 31.4. The first-order chi connectivity index (χ1) is 9.26. The highest BCUT2D eigenvalue weighted by molar-refractivity contribution is 6.31. The van der Waals surface area contributed by atoms with Crippen molar-refractivity contribution in [3.63, 3.8) is 0 Å². The fourth-order valence-electron chi connectivity index (χ4n) is 3.51. The molecule has 2 N–H and O–H groups in total. The maximum absolute atomic E-state index is 6.48. The van der Waals surface area contributed by atoms with Crippen LogP contribution >= 0.6 is 11.6 Å². The molecule has 19 heavy (non-hydrogen) atoms. The van der Waals surface area contributed by atoms with E-state index >= 15 is 0 Å². The fraction of sp³-hybridized carbons (Fsp3) is 0.625. The van der Waals surface area contributed by atoms with Crippen LogP contribution < -0.4 is 10.6 Å². The molecule has 0 spiro atoms. The summed E-state index contributed by atoms with van der Waals surface area (Å²) in [5.41, 5.74) is 1.26. The Hall–Kier alpha value is -0.570. The van der Waals surface area contributed by atoms with Crippen LogP contribution in [-0.2, 0) is 5.54 Å². The Balaban J connectivity index is 1.95. The van der Waals surface area contributed by atoms with Crippen LogP contribution in [0.3, 0.4) is 0 Å². The second kappa shape index (κ2) is 5.43. The minimum Gasteiger partial charge on any atom is -0.309 e. The van der Waals surface area contributed by atoms with Gasteiger partial charge in [-0.3, -0.25) is 0 Å². The van der Waals surface area contributed by atoms with E-state index in [0.29, 0.717) is 6.04 Å². The molecule has 0 aliphatic heterocycles. The molecule has 2 fully saturated rings. The molecule has 0 amide bonds. The van der Waals surface area contributed by atoms with Crippen molar-refractivity contribution in [2.75, 3.05) is 7.05 Å². The second-order valence-electron chi connectivity index (χ2n) is 5.94. The van der Waals surface area contributed by atoms with Gasteiger partial charge in [-0.05, 0) is 44.4 Å². The zero-order valence-electron chi connectivity index (χ0n) is 11.6. The lowest BCUT2D eigenvalue weighted by Crippen LogP contribution is -2.58. The Labute approximate surface area is 120 Å². The summed E-state index contributed by atoms with van der Waals surface area (Å²) in [6, 6.07) is 9.55. The average molecular weight is 279 g/mol. The van der Waals surface area contributed by atoms with Crippen molar-refractivity contribution in [1.29, 1.82) is 0 Å². The first kappa shape index (κ1) is 13.4. The Kier molecular flexibility index (Phi) is 3.84. The predicted octanol–water partition coefficient (Wildman–Crippen LogP) is 3.45. The third kappa shape index (κ3) is 2.54.